The molecule has 1 saturated carbocycles. The predicted molar refractivity (Wildman–Crippen MR) is 140 cm³/mol. The van der Waals surface area contributed by atoms with E-state index in [4.69, 9.17) is 4.74 Å². The minimum absolute atomic E-state index is 0.0301. The quantitative estimate of drug-likeness (QED) is 0.470. The monoisotopic (exact) mass is 476 g/mol. The molecular formula is C30H40N2O3. The van der Waals surface area contributed by atoms with Gasteiger partial charge in [0.2, 0.25) is 5.91 Å². The Bertz CT molecular complexity index is 981. The van der Waals surface area contributed by atoms with Crippen molar-refractivity contribution in [2.75, 3.05) is 11.5 Å². The van der Waals surface area contributed by atoms with Crippen LogP contribution in [0.15, 0.2) is 48.5 Å². The second-order valence-electron chi connectivity index (χ2n) is 10.2. The van der Waals surface area contributed by atoms with Crippen molar-refractivity contribution >= 4 is 17.6 Å². The Kier molecular flexibility index (Phi) is 8.97. The van der Waals surface area contributed by atoms with Gasteiger partial charge in [0.1, 0.15) is 6.04 Å². The molecule has 35 heavy (non-hydrogen) atoms. The molecule has 2 aromatic carbocycles. The van der Waals surface area contributed by atoms with E-state index in [1.54, 1.807) is 0 Å². The lowest BCUT2D eigenvalue weighted by atomic mass is 9.85. The molecule has 0 unspecified atom stereocenters. The molecule has 0 spiro atoms. The Balaban J connectivity index is 1.53. The lowest BCUT2D eigenvalue weighted by Crippen LogP contribution is -2.52. The summed E-state index contributed by atoms with van der Waals surface area (Å²) in [7, 11) is 0. The largest absolute Gasteiger partial charge is 0.465 e. The molecule has 1 amide bonds. The number of nitrogens with one attached hydrogen (secondary N) is 1. The molecule has 1 N–H and O–H groups in total. The fourth-order valence-corrected chi connectivity index (χ4v) is 5.54. The van der Waals surface area contributed by atoms with Crippen molar-refractivity contribution in [2.24, 2.45) is 5.92 Å². The maximum atomic E-state index is 13.9. The first-order valence-corrected chi connectivity index (χ1v) is 13.4. The van der Waals surface area contributed by atoms with Gasteiger partial charge in [0.15, 0.2) is 0 Å². The van der Waals surface area contributed by atoms with Crippen LogP contribution in [0.5, 0.6) is 0 Å². The van der Waals surface area contributed by atoms with Gasteiger partial charge in [-0.3, -0.25) is 14.9 Å². The summed E-state index contributed by atoms with van der Waals surface area (Å²) in [5.74, 6) is 0.472. The molecule has 1 aliphatic heterocycles. The molecular weight excluding hydrogens is 436 g/mol. The Hall–Kier alpha value is -2.66. The summed E-state index contributed by atoms with van der Waals surface area (Å²) in [5.41, 5.74) is 4.44. The highest BCUT2D eigenvalue weighted by Gasteiger charge is 2.34. The third kappa shape index (κ3) is 6.72. The summed E-state index contributed by atoms with van der Waals surface area (Å²) >= 11 is 0. The lowest BCUT2D eigenvalue weighted by Gasteiger charge is -2.29. The number of rotatable bonds is 9. The van der Waals surface area contributed by atoms with Gasteiger partial charge in [-0.1, -0.05) is 80.1 Å². The molecule has 0 bridgehead atoms. The van der Waals surface area contributed by atoms with Crippen LogP contribution < -0.4 is 10.2 Å². The zero-order chi connectivity index (χ0) is 24.6. The molecule has 1 heterocycles. The maximum Gasteiger partial charge on any atom is 0.323 e. The van der Waals surface area contributed by atoms with Gasteiger partial charge >= 0.3 is 5.97 Å². The standard InChI is InChI=1S/C30H40N2O3/c1-3-35-30(34)27(19-17-23-9-5-4-6-10-23)31-26-20-18-25-11-7-8-12-28(25)32(29(26)33)21-24-15-13-22(2)14-16-24/h7-8,11-16,23,26-27,31H,3-6,9-10,17-21H2,1-2H3/t26-,27+/m1/s1. The Morgan fingerprint density at radius 2 is 1.80 bits per heavy atom. The van der Waals surface area contributed by atoms with Crippen LogP contribution in [0, 0.1) is 12.8 Å². The summed E-state index contributed by atoms with van der Waals surface area (Å²) < 4.78 is 5.42. The number of anilines is 1. The molecule has 0 saturated heterocycles. The average Bonchev–Trinajstić information content (AvgIpc) is 3.00. The van der Waals surface area contributed by atoms with E-state index in [1.807, 2.05) is 30.0 Å². The number of para-hydroxylation sites is 1. The molecule has 2 aromatic rings. The number of hydrogen-bond donors (Lipinski definition) is 1. The molecule has 1 fully saturated rings. The average molecular weight is 477 g/mol. The molecule has 5 nitrogen and oxygen atoms in total. The van der Waals surface area contributed by atoms with Crippen molar-refractivity contribution in [2.45, 2.75) is 90.3 Å². The first-order valence-electron chi connectivity index (χ1n) is 13.4. The van der Waals surface area contributed by atoms with E-state index >= 15 is 0 Å². The van der Waals surface area contributed by atoms with Crippen LogP contribution in [-0.2, 0) is 27.3 Å². The number of nitrogens with zero attached hydrogens (tertiary/aromatic N) is 1. The molecule has 4 rings (SSSR count). The molecule has 0 aromatic heterocycles. The minimum atomic E-state index is -0.451. The number of amides is 1. The zero-order valence-electron chi connectivity index (χ0n) is 21.3. The molecule has 5 heteroatoms. The molecule has 2 aliphatic rings. The van der Waals surface area contributed by atoms with Crippen molar-refractivity contribution < 1.29 is 14.3 Å². The van der Waals surface area contributed by atoms with Gasteiger partial charge in [-0.25, -0.2) is 0 Å². The van der Waals surface area contributed by atoms with Crippen LogP contribution in [0.25, 0.3) is 0 Å². The van der Waals surface area contributed by atoms with E-state index < -0.39 is 12.1 Å². The highest BCUT2D eigenvalue weighted by Crippen LogP contribution is 2.30. The maximum absolute atomic E-state index is 13.9. The topological polar surface area (TPSA) is 58.6 Å². The minimum Gasteiger partial charge on any atom is -0.465 e. The first-order chi connectivity index (χ1) is 17.0. The third-order valence-electron chi connectivity index (χ3n) is 7.57. The van der Waals surface area contributed by atoms with Crippen LogP contribution in [-0.4, -0.2) is 30.6 Å². The van der Waals surface area contributed by atoms with Gasteiger partial charge in [-0.05, 0) is 62.6 Å². The summed E-state index contributed by atoms with van der Waals surface area (Å²) in [6.07, 6.45) is 9.58. The van der Waals surface area contributed by atoms with Gasteiger partial charge in [0, 0.05) is 5.69 Å². The van der Waals surface area contributed by atoms with Crippen molar-refractivity contribution in [1.82, 2.24) is 5.32 Å². The first kappa shape index (κ1) is 25.4. The van der Waals surface area contributed by atoms with Crippen LogP contribution in [0.3, 0.4) is 0 Å². The molecule has 1 aliphatic carbocycles. The van der Waals surface area contributed by atoms with Gasteiger partial charge < -0.3 is 9.64 Å². The Morgan fingerprint density at radius 1 is 1.06 bits per heavy atom. The summed E-state index contributed by atoms with van der Waals surface area (Å²) in [6, 6.07) is 15.6. The number of ether oxygens (including phenoxy) is 1. The fraction of sp³-hybridized carbons (Fsp3) is 0.533. The molecule has 0 radical (unpaired) electrons. The number of carbonyl (C=O) groups excluding carboxylic acids is 2. The number of carbonyl (C=O) groups is 2. The van der Waals surface area contributed by atoms with Crippen LogP contribution >= 0.6 is 0 Å². The van der Waals surface area contributed by atoms with E-state index in [9.17, 15) is 9.59 Å². The van der Waals surface area contributed by atoms with E-state index in [1.165, 1.54) is 43.2 Å². The number of esters is 1. The van der Waals surface area contributed by atoms with Gasteiger partial charge in [0.05, 0.1) is 19.2 Å². The van der Waals surface area contributed by atoms with Crippen LogP contribution in [0.1, 0.15) is 75.0 Å². The highest BCUT2D eigenvalue weighted by atomic mass is 16.5. The van der Waals surface area contributed by atoms with E-state index in [0.29, 0.717) is 25.5 Å². The van der Waals surface area contributed by atoms with Gasteiger partial charge in [-0.2, -0.15) is 0 Å². The number of hydrogen-bond acceptors (Lipinski definition) is 4. The van der Waals surface area contributed by atoms with Crippen molar-refractivity contribution in [3.05, 3.63) is 65.2 Å². The zero-order valence-corrected chi connectivity index (χ0v) is 21.3. The normalized spacial score (nSPS) is 19.7. The van der Waals surface area contributed by atoms with E-state index in [-0.39, 0.29) is 11.9 Å². The van der Waals surface area contributed by atoms with Crippen molar-refractivity contribution in [3.63, 3.8) is 0 Å². The summed E-state index contributed by atoms with van der Waals surface area (Å²) in [4.78, 5) is 28.7. The Morgan fingerprint density at radius 3 is 2.54 bits per heavy atom. The summed E-state index contributed by atoms with van der Waals surface area (Å²) in [5, 5.41) is 3.46. The number of fused-ring (bicyclic) bond motifs is 1. The summed E-state index contributed by atoms with van der Waals surface area (Å²) in [6.45, 7) is 4.77. The van der Waals surface area contributed by atoms with E-state index in [0.717, 1.165) is 30.5 Å². The van der Waals surface area contributed by atoms with Crippen LogP contribution in [0.2, 0.25) is 0 Å². The van der Waals surface area contributed by atoms with Gasteiger partial charge in [0.25, 0.3) is 0 Å². The SMILES string of the molecule is CCOC(=O)[C@H](CCC1CCCCC1)N[C@@H]1CCc2ccccc2N(Cc2ccc(C)cc2)C1=O. The lowest BCUT2D eigenvalue weighted by molar-refractivity contribution is -0.146. The Labute approximate surface area is 210 Å². The van der Waals surface area contributed by atoms with Crippen molar-refractivity contribution in [3.8, 4) is 0 Å². The second kappa shape index (κ2) is 12.3. The predicted octanol–water partition coefficient (Wildman–Crippen LogP) is 5.72. The smallest absolute Gasteiger partial charge is 0.323 e. The van der Waals surface area contributed by atoms with E-state index in [2.05, 4.69) is 42.6 Å². The third-order valence-corrected chi connectivity index (χ3v) is 7.57. The fourth-order valence-electron chi connectivity index (χ4n) is 5.54. The molecule has 2 atom stereocenters. The number of benzene rings is 2. The second-order valence-corrected chi connectivity index (χ2v) is 10.2. The number of aryl methyl sites for hydroxylation is 2. The van der Waals surface area contributed by atoms with Crippen LogP contribution in [0.4, 0.5) is 5.69 Å². The molecule has 188 valence electrons. The van der Waals surface area contributed by atoms with Crippen molar-refractivity contribution in [1.29, 1.82) is 0 Å². The van der Waals surface area contributed by atoms with Gasteiger partial charge in [-0.15, -0.1) is 0 Å². The highest BCUT2D eigenvalue weighted by molar-refractivity contribution is 5.99.